The van der Waals surface area contributed by atoms with E-state index >= 15 is 0 Å². The first-order valence-corrected chi connectivity index (χ1v) is 14.7. The molecular formula is C31H37FN6O11. The van der Waals surface area contributed by atoms with E-state index in [1.165, 1.54) is 43.4 Å². The smallest absolute Gasteiger partial charge is 0.444 e. The van der Waals surface area contributed by atoms with Gasteiger partial charge in [0.25, 0.3) is 0 Å². The minimum Gasteiger partial charge on any atom is -0.444 e. The summed E-state index contributed by atoms with van der Waals surface area (Å²) < 4.78 is 38.4. The Morgan fingerprint density at radius 1 is 1.14 bits per heavy atom. The van der Waals surface area contributed by atoms with Crippen LogP contribution in [-0.2, 0) is 45.3 Å². The average Bonchev–Trinajstić information content (AvgIpc) is 3.61. The van der Waals surface area contributed by atoms with Crippen molar-refractivity contribution in [3.63, 3.8) is 0 Å². The number of aliphatic hydroxyl groups excluding tert-OH is 2. The van der Waals surface area contributed by atoms with Gasteiger partial charge in [-0.05, 0) is 50.6 Å². The van der Waals surface area contributed by atoms with E-state index in [-0.39, 0.29) is 23.6 Å². The summed E-state index contributed by atoms with van der Waals surface area (Å²) in [4.78, 5) is 59.6. The fourth-order valence-corrected chi connectivity index (χ4v) is 4.44. The van der Waals surface area contributed by atoms with Crippen molar-refractivity contribution >= 4 is 36.3 Å². The third-order valence-corrected chi connectivity index (χ3v) is 6.67. The molecule has 1 aromatic heterocycles. The Labute approximate surface area is 280 Å². The van der Waals surface area contributed by atoms with Gasteiger partial charge < -0.3 is 49.5 Å². The monoisotopic (exact) mass is 688 g/mol. The number of aliphatic imine (C=N–C) groups is 2. The number of nitriles is 1. The maximum absolute atomic E-state index is 13.6. The van der Waals surface area contributed by atoms with Crippen LogP contribution in [0.5, 0.6) is 0 Å². The Kier molecular flexibility index (Phi) is 12.9. The van der Waals surface area contributed by atoms with Crippen LogP contribution in [0.2, 0.25) is 0 Å². The first-order valence-electron chi connectivity index (χ1n) is 14.7. The first-order chi connectivity index (χ1) is 23.1. The Morgan fingerprint density at radius 2 is 1.84 bits per heavy atom. The Morgan fingerprint density at radius 3 is 2.45 bits per heavy atom. The van der Waals surface area contributed by atoms with Gasteiger partial charge in [-0.1, -0.05) is 12.1 Å². The molecule has 2 heterocycles. The second-order valence-electron chi connectivity index (χ2n) is 11.6. The third-order valence-electron chi connectivity index (χ3n) is 6.67. The maximum Gasteiger partial charge on any atom is 0.511 e. The molecule has 0 saturated carbocycles. The summed E-state index contributed by atoms with van der Waals surface area (Å²) in [6.45, 7) is 4.68. The summed E-state index contributed by atoms with van der Waals surface area (Å²) in [5.41, 5.74) is -2.53. The largest absolute Gasteiger partial charge is 0.511 e. The lowest BCUT2D eigenvalue weighted by Crippen LogP contribution is -2.51. The molecule has 264 valence electrons. The summed E-state index contributed by atoms with van der Waals surface area (Å²) in [7, 11) is 1.42. The molecule has 0 aliphatic carbocycles. The molecule has 0 spiro atoms. The van der Waals surface area contributed by atoms with Crippen molar-refractivity contribution < 1.29 is 57.5 Å². The van der Waals surface area contributed by atoms with E-state index in [1.807, 2.05) is 6.07 Å². The highest BCUT2D eigenvalue weighted by atomic mass is 19.1. The number of aliphatic hydroxyl groups is 2. The summed E-state index contributed by atoms with van der Waals surface area (Å²) in [5, 5.41) is 36.7. The molecular weight excluding hydrogens is 651 g/mol. The number of rotatable bonds is 11. The molecule has 0 unspecified atom stereocenters. The molecule has 5 atom stereocenters. The predicted octanol–water partition coefficient (Wildman–Crippen LogP) is 1.32. The van der Waals surface area contributed by atoms with Crippen LogP contribution in [0.1, 0.15) is 44.6 Å². The highest BCUT2D eigenvalue weighted by molar-refractivity contribution is 6.10. The van der Waals surface area contributed by atoms with Crippen molar-refractivity contribution in [3.8, 4) is 6.07 Å². The highest BCUT2D eigenvalue weighted by Crippen LogP contribution is 2.39. The van der Waals surface area contributed by atoms with Gasteiger partial charge in [0, 0.05) is 20.4 Å². The van der Waals surface area contributed by atoms with Crippen molar-refractivity contribution in [1.29, 1.82) is 5.26 Å². The topological polar surface area (TPSA) is 243 Å². The number of alkyl carbamates (subject to hydrolysis) is 1. The van der Waals surface area contributed by atoms with Gasteiger partial charge in [0.1, 0.15) is 54.8 Å². The lowest BCUT2D eigenvalue weighted by atomic mass is 9.93. The van der Waals surface area contributed by atoms with Crippen LogP contribution >= 0.6 is 0 Å². The quantitative estimate of drug-likeness (QED) is 0.0738. The number of nitrogens with one attached hydrogen (secondary N) is 3. The van der Waals surface area contributed by atoms with Gasteiger partial charge >= 0.3 is 18.2 Å². The molecule has 1 aliphatic heterocycles. The fraction of sp³-hybridized carbons (Fsp3) is 0.452. The molecule has 18 heteroatoms. The lowest BCUT2D eigenvalue weighted by Gasteiger charge is -2.24. The van der Waals surface area contributed by atoms with Crippen LogP contribution < -0.4 is 10.6 Å². The zero-order chi connectivity index (χ0) is 36.4. The number of hydrogen-bond donors (Lipinski definition) is 5. The highest BCUT2D eigenvalue weighted by Gasteiger charge is 2.57. The Bertz CT molecular complexity index is 1600. The number of hydrogen-bond acceptors (Lipinski definition) is 13. The summed E-state index contributed by atoms with van der Waals surface area (Å²) in [5.74, 6) is -2.08. The Balaban J connectivity index is 1.83. The molecule has 17 nitrogen and oxygen atoms in total. The molecule has 1 fully saturated rings. The predicted molar refractivity (Wildman–Crippen MR) is 166 cm³/mol. The number of benzene rings is 1. The third kappa shape index (κ3) is 10.6. The molecule has 5 N–H and O–H groups in total. The van der Waals surface area contributed by atoms with Crippen molar-refractivity contribution in [2.75, 3.05) is 20.4 Å². The number of halogens is 1. The summed E-state index contributed by atoms with van der Waals surface area (Å²) in [6, 6.07) is 8.65. The van der Waals surface area contributed by atoms with Gasteiger partial charge in [0.15, 0.2) is 5.84 Å². The number of amidine groups is 1. The second kappa shape index (κ2) is 16.6. The van der Waals surface area contributed by atoms with E-state index in [9.17, 15) is 39.0 Å². The number of nitrogens with zero attached hydrogens (tertiary/aromatic N) is 3. The average molecular weight is 689 g/mol. The summed E-state index contributed by atoms with van der Waals surface area (Å²) in [6.07, 6.45) is -6.05. The maximum atomic E-state index is 13.6. The number of ether oxygens (including phenoxy) is 5. The van der Waals surface area contributed by atoms with Crippen LogP contribution in [0.4, 0.5) is 14.0 Å². The molecule has 1 saturated heterocycles. The molecule has 2 amide bonds. The van der Waals surface area contributed by atoms with E-state index < -0.39 is 78.9 Å². The minimum atomic E-state index is -2.20. The van der Waals surface area contributed by atoms with E-state index in [4.69, 9.17) is 14.2 Å². The van der Waals surface area contributed by atoms with Crippen molar-refractivity contribution in [1.82, 2.24) is 15.6 Å². The van der Waals surface area contributed by atoms with E-state index in [0.717, 1.165) is 13.3 Å². The zero-order valence-corrected chi connectivity index (χ0v) is 27.3. The van der Waals surface area contributed by atoms with Gasteiger partial charge in [0.2, 0.25) is 18.3 Å². The number of aromatic nitrogens is 1. The number of amides is 2. The molecule has 0 radical (unpaired) electrons. The van der Waals surface area contributed by atoms with Crippen LogP contribution in [0.25, 0.3) is 0 Å². The van der Waals surface area contributed by atoms with E-state index in [1.54, 1.807) is 20.8 Å². The van der Waals surface area contributed by atoms with Gasteiger partial charge in [-0.15, -0.1) is 0 Å². The molecule has 49 heavy (non-hydrogen) atoms. The standard InChI is InChI=1S/C31H37FN6O11/c1-17(39)46-16-47-29(44)45-13-22-24(40)25(41)31(14-33,48-22)23-11-10-20(36-23)26(35-15-34-5)38-27(42)21(37-28(43)49-30(2,3)4)12-18-6-8-19(32)9-7-18/h6-11,15,21-22,24-25,36,40-41H,12-13,16H2,1-5H3,(H,37,43)(H,34,35,38,42)/t21-,22+,24+,25+,31-/m0/s1. The number of aromatic amines is 1. The van der Waals surface area contributed by atoms with Gasteiger partial charge in [-0.25, -0.2) is 19.0 Å². The van der Waals surface area contributed by atoms with Crippen molar-refractivity contribution in [3.05, 3.63) is 59.2 Å². The second-order valence-corrected chi connectivity index (χ2v) is 11.6. The molecule has 2 aromatic rings. The number of H-pyrrole nitrogens is 1. The van der Waals surface area contributed by atoms with Gasteiger partial charge in [-0.3, -0.25) is 14.6 Å². The fourth-order valence-electron chi connectivity index (χ4n) is 4.44. The van der Waals surface area contributed by atoms with Crippen LogP contribution in [-0.4, -0.2) is 102 Å². The molecule has 0 bridgehead atoms. The van der Waals surface area contributed by atoms with Crippen molar-refractivity contribution in [2.24, 2.45) is 9.98 Å². The van der Waals surface area contributed by atoms with E-state index in [2.05, 4.69) is 35.1 Å². The van der Waals surface area contributed by atoms with Gasteiger partial charge in [0.05, 0.1) is 11.4 Å². The van der Waals surface area contributed by atoms with Crippen LogP contribution in [0.15, 0.2) is 46.4 Å². The van der Waals surface area contributed by atoms with Gasteiger partial charge in [-0.2, -0.15) is 5.26 Å². The Hall–Kier alpha value is -5.38. The molecule has 1 aromatic carbocycles. The van der Waals surface area contributed by atoms with Crippen LogP contribution in [0.3, 0.4) is 0 Å². The SMILES string of the molecule is CN=CN=C(NC(=O)[C@H](Cc1ccc(F)cc1)NC(=O)OC(C)(C)C)c1ccc([C@]2(C#N)O[C@H](COC(=O)OCOC(C)=O)[C@@H](O)[C@H]2O)[nH]1. The number of carbonyl (C=O) groups is 4. The molecule has 1 aliphatic rings. The minimum absolute atomic E-state index is 0.0628. The van der Waals surface area contributed by atoms with E-state index in [0.29, 0.717) is 5.56 Å². The lowest BCUT2D eigenvalue weighted by molar-refractivity contribution is -0.151. The summed E-state index contributed by atoms with van der Waals surface area (Å²) >= 11 is 0. The van der Waals surface area contributed by atoms with Crippen molar-refractivity contribution in [2.45, 2.75) is 69.7 Å². The zero-order valence-electron chi connectivity index (χ0n) is 27.3. The number of esters is 1. The first kappa shape index (κ1) is 38.1. The molecule has 3 rings (SSSR count). The number of carbonyl (C=O) groups excluding carboxylic acids is 4. The van der Waals surface area contributed by atoms with Crippen LogP contribution in [0, 0.1) is 17.1 Å². The normalized spacial score (nSPS) is 21.4.